The highest BCUT2D eigenvalue weighted by Gasteiger charge is 2.38. The first kappa shape index (κ1) is 11.2. The van der Waals surface area contributed by atoms with Crippen LogP contribution in [0.2, 0.25) is 0 Å². The second-order valence-electron chi connectivity index (χ2n) is 4.23. The van der Waals surface area contributed by atoms with Gasteiger partial charge >= 0.3 is 0 Å². The van der Waals surface area contributed by atoms with Gasteiger partial charge in [-0.3, -0.25) is 0 Å². The fraction of sp³-hybridized carbons (Fsp3) is 0.417. The largest absolute Gasteiger partial charge is 0.381 e. The minimum atomic E-state index is -0.421. The van der Waals surface area contributed by atoms with E-state index in [0.717, 1.165) is 28.7 Å². The zero-order valence-electron chi connectivity index (χ0n) is 9.28. The second kappa shape index (κ2) is 4.40. The number of amidine groups is 1. The molecule has 4 nitrogen and oxygen atoms in total. The molecule has 1 N–H and O–H groups in total. The molecule has 0 amide bonds. The summed E-state index contributed by atoms with van der Waals surface area (Å²) in [6, 6.07) is 8.01. The summed E-state index contributed by atoms with van der Waals surface area (Å²) in [6.45, 7) is 1.41. The van der Waals surface area contributed by atoms with Gasteiger partial charge in [0.15, 0.2) is 11.6 Å². The lowest BCUT2D eigenvalue weighted by molar-refractivity contribution is -0.114. The third-order valence-corrected chi connectivity index (χ3v) is 3.52. The maximum Gasteiger partial charge on any atom is 0.191 e. The number of nitrogens with zero attached hydrogens (tertiary/aromatic N) is 1. The van der Waals surface area contributed by atoms with E-state index in [-0.39, 0.29) is 0 Å². The molecular formula is C12H13BrN2O2. The van der Waals surface area contributed by atoms with Gasteiger partial charge in [0.2, 0.25) is 0 Å². The van der Waals surface area contributed by atoms with Gasteiger partial charge in [-0.15, -0.1) is 0 Å². The smallest absolute Gasteiger partial charge is 0.191 e. The summed E-state index contributed by atoms with van der Waals surface area (Å²) >= 11 is 3.45. The van der Waals surface area contributed by atoms with Gasteiger partial charge in [-0.05, 0) is 12.1 Å². The van der Waals surface area contributed by atoms with E-state index in [1.165, 1.54) is 0 Å². The summed E-state index contributed by atoms with van der Waals surface area (Å²) in [5, 5.41) is 0. The van der Waals surface area contributed by atoms with Crippen molar-refractivity contribution in [3.8, 4) is 0 Å². The first-order valence-electron chi connectivity index (χ1n) is 5.65. The quantitative estimate of drug-likeness (QED) is 0.864. The Morgan fingerprint density at radius 2 is 2.12 bits per heavy atom. The van der Waals surface area contributed by atoms with Crippen molar-refractivity contribution in [3.63, 3.8) is 0 Å². The topological polar surface area (TPSA) is 42.9 Å². The number of aliphatic imine (C=N–C) groups is 1. The van der Waals surface area contributed by atoms with Gasteiger partial charge in [0.05, 0.1) is 13.2 Å². The molecule has 2 aliphatic rings. The van der Waals surface area contributed by atoms with Crippen molar-refractivity contribution in [2.45, 2.75) is 18.6 Å². The van der Waals surface area contributed by atoms with Gasteiger partial charge in [0.25, 0.3) is 0 Å². The first-order chi connectivity index (χ1) is 8.27. The van der Waals surface area contributed by atoms with Crippen LogP contribution >= 0.6 is 15.9 Å². The Balaban J connectivity index is 1.87. The normalized spacial score (nSPS) is 22.3. The van der Waals surface area contributed by atoms with Gasteiger partial charge < -0.3 is 4.74 Å². The number of benzene rings is 1. The molecule has 2 aliphatic heterocycles. The zero-order chi connectivity index (χ0) is 11.7. The van der Waals surface area contributed by atoms with E-state index in [0.29, 0.717) is 13.2 Å². The molecule has 0 aliphatic carbocycles. The molecule has 1 aromatic carbocycles. The molecule has 90 valence electrons. The number of ether oxygens (including phenoxy) is 1. The minimum Gasteiger partial charge on any atom is -0.381 e. The fourth-order valence-corrected chi connectivity index (χ4v) is 2.46. The second-order valence-corrected chi connectivity index (χ2v) is 5.15. The van der Waals surface area contributed by atoms with Crippen LogP contribution in [0.3, 0.4) is 0 Å². The Hall–Kier alpha value is -0.910. The molecule has 0 bridgehead atoms. The predicted molar refractivity (Wildman–Crippen MR) is 67.7 cm³/mol. The highest BCUT2D eigenvalue weighted by atomic mass is 79.9. The van der Waals surface area contributed by atoms with Crippen LogP contribution in [0.25, 0.3) is 0 Å². The van der Waals surface area contributed by atoms with Crippen LogP contribution in [-0.2, 0) is 9.57 Å². The molecule has 0 saturated carbocycles. The van der Waals surface area contributed by atoms with Crippen molar-refractivity contribution >= 4 is 21.8 Å². The molecule has 0 radical (unpaired) electrons. The average Bonchev–Trinajstić information content (AvgIpc) is 2.74. The standard InChI is InChI=1S/C12H13BrN2O2/c13-10-3-1-2-9(8-10)11-14-12(17-15-11)4-6-16-7-5-12/h1-3,8H,4-7H2,(H,14,15). The molecule has 1 aromatic rings. The Bertz CT molecular complexity index is 456. The van der Waals surface area contributed by atoms with Crippen LogP contribution in [-0.4, -0.2) is 24.8 Å². The van der Waals surface area contributed by atoms with Crippen LogP contribution in [0.1, 0.15) is 18.4 Å². The molecule has 1 saturated heterocycles. The summed E-state index contributed by atoms with van der Waals surface area (Å²) in [7, 11) is 0. The first-order valence-corrected chi connectivity index (χ1v) is 6.44. The van der Waals surface area contributed by atoms with E-state index in [1.807, 2.05) is 24.3 Å². The maximum atomic E-state index is 5.64. The lowest BCUT2D eigenvalue weighted by Gasteiger charge is -2.27. The van der Waals surface area contributed by atoms with Crippen molar-refractivity contribution in [3.05, 3.63) is 34.3 Å². The number of hydrogen-bond donors (Lipinski definition) is 1. The molecule has 1 spiro atoms. The Morgan fingerprint density at radius 1 is 1.29 bits per heavy atom. The average molecular weight is 297 g/mol. The zero-order valence-corrected chi connectivity index (χ0v) is 10.9. The molecule has 0 atom stereocenters. The SMILES string of the molecule is Brc1cccc(C2=NC3(CCOCC3)ON2)c1. The number of hydroxylamine groups is 1. The van der Waals surface area contributed by atoms with E-state index in [9.17, 15) is 0 Å². The molecule has 1 fully saturated rings. The molecule has 0 unspecified atom stereocenters. The van der Waals surface area contributed by atoms with E-state index in [1.54, 1.807) is 0 Å². The van der Waals surface area contributed by atoms with Crippen molar-refractivity contribution in [1.29, 1.82) is 0 Å². The lowest BCUT2D eigenvalue weighted by atomic mass is 10.1. The van der Waals surface area contributed by atoms with E-state index >= 15 is 0 Å². The summed E-state index contributed by atoms with van der Waals surface area (Å²) in [6.07, 6.45) is 1.61. The Kier molecular flexibility index (Phi) is 2.90. The van der Waals surface area contributed by atoms with Crippen LogP contribution in [0.4, 0.5) is 0 Å². The molecule has 3 rings (SSSR count). The van der Waals surface area contributed by atoms with Crippen LogP contribution < -0.4 is 5.48 Å². The fourth-order valence-electron chi connectivity index (χ4n) is 2.06. The number of halogens is 1. The highest BCUT2D eigenvalue weighted by Crippen LogP contribution is 2.30. The summed E-state index contributed by atoms with van der Waals surface area (Å²) in [5.74, 6) is 0.799. The Morgan fingerprint density at radius 3 is 2.88 bits per heavy atom. The third-order valence-electron chi connectivity index (χ3n) is 3.03. The van der Waals surface area contributed by atoms with Crippen molar-refractivity contribution in [2.24, 2.45) is 4.99 Å². The number of rotatable bonds is 1. The monoisotopic (exact) mass is 296 g/mol. The van der Waals surface area contributed by atoms with Crippen LogP contribution in [0.5, 0.6) is 0 Å². The van der Waals surface area contributed by atoms with Crippen LogP contribution in [0, 0.1) is 0 Å². The van der Waals surface area contributed by atoms with Gasteiger partial charge in [-0.2, -0.15) is 0 Å². The van der Waals surface area contributed by atoms with Gasteiger partial charge in [-0.25, -0.2) is 15.3 Å². The maximum absolute atomic E-state index is 5.64. The lowest BCUT2D eigenvalue weighted by Crippen LogP contribution is -2.36. The molecule has 2 heterocycles. The number of hydrogen-bond acceptors (Lipinski definition) is 4. The summed E-state index contributed by atoms with van der Waals surface area (Å²) in [5.41, 5.74) is 3.54. The molecule has 17 heavy (non-hydrogen) atoms. The van der Waals surface area contributed by atoms with Crippen molar-refractivity contribution < 1.29 is 9.57 Å². The molecular weight excluding hydrogens is 284 g/mol. The summed E-state index contributed by atoms with van der Waals surface area (Å²) in [4.78, 5) is 10.3. The number of nitrogens with one attached hydrogen (secondary N) is 1. The van der Waals surface area contributed by atoms with Crippen molar-refractivity contribution in [1.82, 2.24) is 5.48 Å². The van der Waals surface area contributed by atoms with Crippen LogP contribution in [0.15, 0.2) is 33.7 Å². The van der Waals surface area contributed by atoms with Gasteiger partial charge in [0.1, 0.15) is 0 Å². The van der Waals surface area contributed by atoms with E-state index < -0.39 is 5.72 Å². The minimum absolute atomic E-state index is 0.421. The van der Waals surface area contributed by atoms with E-state index in [2.05, 4.69) is 26.4 Å². The highest BCUT2D eigenvalue weighted by molar-refractivity contribution is 9.10. The van der Waals surface area contributed by atoms with Gasteiger partial charge in [0, 0.05) is 22.9 Å². The molecule has 0 aromatic heterocycles. The van der Waals surface area contributed by atoms with Crippen molar-refractivity contribution in [2.75, 3.05) is 13.2 Å². The third kappa shape index (κ3) is 2.22. The predicted octanol–water partition coefficient (Wildman–Crippen LogP) is 2.24. The van der Waals surface area contributed by atoms with E-state index in [4.69, 9.17) is 9.57 Å². The Labute approximate surface area is 108 Å². The molecule has 5 heteroatoms. The van der Waals surface area contributed by atoms with Gasteiger partial charge in [-0.1, -0.05) is 28.1 Å². The summed E-state index contributed by atoms with van der Waals surface area (Å²) < 4.78 is 6.37.